The molecule has 0 unspecified atom stereocenters. The van der Waals surface area contributed by atoms with Crippen molar-refractivity contribution in [1.29, 1.82) is 0 Å². The molecule has 0 saturated carbocycles. The monoisotopic (exact) mass is 564 g/mol. The summed E-state index contributed by atoms with van der Waals surface area (Å²) in [5, 5.41) is 2.13. The number of rotatable bonds is 6. The Balaban J connectivity index is 1.37. The Labute approximate surface area is 256 Å². The molecule has 0 saturated heterocycles. The molecule has 0 N–H and O–H groups in total. The van der Waals surface area contributed by atoms with Gasteiger partial charge in [-0.1, -0.05) is 127 Å². The van der Waals surface area contributed by atoms with E-state index in [0.29, 0.717) is 5.89 Å². The van der Waals surface area contributed by atoms with Crippen molar-refractivity contribution in [3.05, 3.63) is 170 Å². The molecule has 0 aliphatic heterocycles. The Kier molecular flexibility index (Phi) is 6.47. The fourth-order valence-corrected chi connectivity index (χ4v) is 5.91. The zero-order valence-corrected chi connectivity index (χ0v) is 24.0. The maximum absolute atomic E-state index is 6.56. The van der Waals surface area contributed by atoms with Gasteiger partial charge in [-0.15, -0.1) is 0 Å². The molecule has 8 rings (SSSR count). The van der Waals surface area contributed by atoms with Crippen molar-refractivity contribution >= 4 is 38.9 Å². The lowest BCUT2D eigenvalue weighted by molar-refractivity contribution is 0.623. The van der Waals surface area contributed by atoms with Gasteiger partial charge in [-0.2, -0.15) is 0 Å². The quantitative estimate of drug-likeness (QED) is 0.201. The number of hydrogen-bond acceptors (Lipinski definition) is 3. The molecule has 0 radical (unpaired) electrons. The van der Waals surface area contributed by atoms with Gasteiger partial charge in [0.2, 0.25) is 5.89 Å². The first-order valence-electron chi connectivity index (χ1n) is 14.8. The summed E-state index contributed by atoms with van der Waals surface area (Å²) >= 11 is 0. The second kappa shape index (κ2) is 11.0. The molecule has 0 aliphatic rings. The average molecular weight is 565 g/mol. The van der Waals surface area contributed by atoms with Gasteiger partial charge in [0, 0.05) is 22.3 Å². The molecule has 44 heavy (non-hydrogen) atoms. The van der Waals surface area contributed by atoms with E-state index in [9.17, 15) is 0 Å². The van der Waals surface area contributed by atoms with Gasteiger partial charge in [0.25, 0.3) is 0 Å². The number of benzene rings is 7. The first kappa shape index (κ1) is 25.8. The predicted octanol–water partition coefficient (Wildman–Crippen LogP) is 11.5. The van der Waals surface area contributed by atoms with E-state index in [4.69, 9.17) is 9.40 Å². The first-order valence-corrected chi connectivity index (χ1v) is 14.8. The summed E-state index contributed by atoms with van der Waals surface area (Å²) in [5.41, 5.74) is 10.3. The van der Waals surface area contributed by atoms with E-state index in [-0.39, 0.29) is 0 Å². The van der Waals surface area contributed by atoms with Crippen LogP contribution in [-0.2, 0) is 0 Å². The standard InChI is InChI=1S/C41H28N2O/c1-4-13-29(14-5-1)31-23-25-35(26-24-31)43(36-21-12-20-33(27-36)30-15-6-2-7-16-30)38-28-34-19-10-11-22-37(34)40-39(38)42-41(44-40)32-17-8-3-9-18-32/h1-28H. The lowest BCUT2D eigenvalue weighted by Crippen LogP contribution is -2.11. The van der Waals surface area contributed by atoms with E-state index in [2.05, 4.69) is 138 Å². The van der Waals surface area contributed by atoms with Crippen LogP contribution in [0.1, 0.15) is 0 Å². The van der Waals surface area contributed by atoms with Crippen molar-refractivity contribution in [3.8, 4) is 33.7 Å². The van der Waals surface area contributed by atoms with Gasteiger partial charge < -0.3 is 9.32 Å². The highest BCUT2D eigenvalue weighted by molar-refractivity contribution is 6.11. The smallest absolute Gasteiger partial charge is 0.227 e. The van der Waals surface area contributed by atoms with Gasteiger partial charge in [-0.05, 0) is 70.1 Å². The Bertz CT molecular complexity index is 2200. The van der Waals surface area contributed by atoms with Crippen LogP contribution in [0.3, 0.4) is 0 Å². The number of nitrogens with zero attached hydrogens (tertiary/aromatic N) is 2. The van der Waals surface area contributed by atoms with Gasteiger partial charge >= 0.3 is 0 Å². The molecule has 1 heterocycles. The molecule has 0 spiro atoms. The second-order valence-electron chi connectivity index (χ2n) is 10.8. The minimum Gasteiger partial charge on any atom is -0.435 e. The van der Waals surface area contributed by atoms with Gasteiger partial charge in [0.05, 0.1) is 5.69 Å². The third-order valence-electron chi connectivity index (χ3n) is 8.07. The summed E-state index contributed by atoms with van der Waals surface area (Å²) in [6.07, 6.45) is 0. The Morgan fingerprint density at radius 3 is 1.70 bits per heavy atom. The molecule has 3 heteroatoms. The lowest BCUT2D eigenvalue weighted by Gasteiger charge is -2.27. The molecular formula is C41H28N2O. The van der Waals surface area contributed by atoms with Crippen LogP contribution in [0.5, 0.6) is 0 Å². The highest BCUT2D eigenvalue weighted by atomic mass is 16.3. The van der Waals surface area contributed by atoms with Gasteiger partial charge in [0.1, 0.15) is 5.52 Å². The Morgan fingerprint density at radius 2 is 1.00 bits per heavy atom. The Morgan fingerprint density at radius 1 is 0.432 bits per heavy atom. The minimum absolute atomic E-state index is 0.607. The average Bonchev–Trinajstić information content (AvgIpc) is 3.57. The van der Waals surface area contributed by atoms with Crippen LogP contribution in [0, 0.1) is 0 Å². The Hall–Kier alpha value is -5.93. The van der Waals surface area contributed by atoms with Crippen LogP contribution in [0.25, 0.3) is 55.6 Å². The maximum atomic E-state index is 6.56. The number of fused-ring (bicyclic) bond motifs is 3. The summed E-state index contributed by atoms with van der Waals surface area (Å²) < 4.78 is 6.56. The lowest BCUT2D eigenvalue weighted by atomic mass is 10.0. The maximum Gasteiger partial charge on any atom is 0.227 e. The third-order valence-corrected chi connectivity index (χ3v) is 8.07. The van der Waals surface area contributed by atoms with Gasteiger partial charge in [-0.25, -0.2) is 4.98 Å². The van der Waals surface area contributed by atoms with E-state index in [0.717, 1.165) is 50.1 Å². The summed E-state index contributed by atoms with van der Waals surface area (Å²) in [7, 11) is 0. The second-order valence-corrected chi connectivity index (χ2v) is 10.8. The van der Waals surface area contributed by atoms with E-state index < -0.39 is 0 Å². The van der Waals surface area contributed by atoms with Crippen LogP contribution in [-0.4, -0.2) is 4.98 Å². The van der Waals surface area contributed by atoms with Crippen LogP contribution >= 0.6 is 0 Å². The normalized spacial score (nSPS) is 11.2. The first-order chi connectivity index (χ1) is 21.8. The van der Waals surface area contributed by atoms with Crippen LogP contribution in [0.15, 0.2) is 174 Å². The van der Waals surface area contributed by atoms with Gasteiger partial charge in [-0.3, -0.25) is 0 Å². The highest BCUT2D eigenvalue weighted by Crippen LogP contribution is 2.44. The SMILES string of the molecule is c1ccc(-c2ccc(N(c3cccc(-c4ccccc4)c3)c3cc4ccccc4c4oc(-c5ccccc5)nc34)cc2)cc1. The van der Waals surface area contributed by atoms with E-state index >= 15 is 0 Å². The summed E-state index contributed by atoms with van der Waals surface area (Å²) in [6.45, 7) is 0. The van der Waals surface area contributed by atoms with E-state index in [1.807, 2.05) is 36.4 Å². The summed E-state index contributed by atoms with van der Waals surface area (Å²) in [4.78, 5) is 7.44. The molecule has 7 aromatic carbocycles. The third kappa shape index (κ3) is 4.71. The van der Waals surface area contributed by atoms with Crippen LogP contribution < -0.4 is 4.90 Å². The fourth-order valence-electron chi connectivity index (χ4n) is 5.91. The molecule has 0 bridgehead atoms. The van der Waals surface area contributed by atoms with Gasteiger partial charge in [0.15, 0.2) is 5.58 Å². The molecule has 0 amide bonds. The molecule has 208 valence electrons. The van der Waals surface area contributed by atoms with Crippen molar-refractivity contribution in [2.45, 2.75) is 0 Å². The number of aromatic nitrogens is 1. The van der Waals surface area contributed by atoms with Crippen molar-refractivity contribution in [2.75, 3.05) is 4.90 Å². The summed E-state index contributed by atoms with van der Waals surface area (Å²) in [5.74, 6) is 0.607. The zero-order valence-electron chi connectivity index (χ0n) is 24.0. The molecule has 1 aromatic heterocycles. The highest BCUT2D eigenvalue weighted by Gasteiger charge is 2.22. The van der Waals surface area contributed by atoms with Crippen LogP contribution in [0.2, 0.25) is 0 Å². The van der Waals surface area contributed by atoms with Crippen molar-refractivity contribution in [1.82, 2.24) is 4.98 Å². The zero-order chi connectivity index (χ0) is 29.3. The number of anilines is 3. The summed E-state index contributed by atoms with van der Waals surface area (Å²) in [6, 6.07) is 59.2. The van der Waals surface area contributed by atoms with Crippen LogP contribution in [0.4, 0.5) is 17.1 Å². The topological polar surface area (TPSA) is 29.3 Å². The number of oxazole rings is 1. The van der Waals surface area contributed by atoms with Crippen molar-refractivity contribution in [3.63, 3.8) is 0 Å². The molecule has 0 atom stereocenters. The molecule has 8 aromatic rings. The molecule has 0 fully saturated rings. The molecule has 3 nitrogen and oxygen atoms in total. The van der Waals surface area contributed by atoms with E-state index in [1.54, 1.807) is 0 Å². The number of hydrogen-bond donors (Lipinski definition) is 0. The molecule has 0 aliphatic carbocycles. The van der Waals surface area contributed by atoms with E-state index in [1.165, 1.54) is 16.7 Å². The van der Waals surface area contributed by atoms with Crippen molar-refractivity contribution < 1.29 is 4.42 Å². The minimum atomic E-state index is 0.607. The fraction of sp³-hybridized carbons (Fsp3) is 0. The molecular weight excluding hydrogens is 536 g/mol. The van der Waals surface area contributed by atoms with Crippen molar-refractivity contribution in [2.24, 2.45) is 0 Å². The largest absolute Gasteiger partial charge is 0.435 e. The predicted molar refractivity (Wildman–Crippen MR) is 183 cm³/mol.